The Morgan fingerprint density at radius 2 is 2.04 bits per heavy atom. The number of aryl methyl sites for hydroxylation is 2. The average molecular weight is 306 g/mol. The lowest BCUT2D eigenvalue weighted by Crippen LogP contribution is -2.16. The van der Waals surface area contributed by atoms with Crippen molar-refractivity contribution in [3.05, 3.63) is 59.5 Å². The first-order valence-electron chi connectivity index (χ1n) is 6.95. The topological polar surface area (TPSA) is 88.5 Å². The minimum absolute atomic E-state index is 0.295. The molecule has 0 fully saturated rings. The zero-order valence-electron chi connectivity index (χ0n) is 12.7. The Hall–Kier alpha value is -3.40. The van der Waals surface area contributed by atoms with Gasteiger partial charge in [0, 0.05) is 13.2 Å². The third-order valence-corrected chi connectivity index (χ3v) is 3.38. The quantitative estimate of drug-likeness (QED) is 0.802. The number of nitriles is 1. The Morgan fingerprint density at radius 1 is 1.30 bits per heavy atom. The number of amides is 1. The van der Waals surface area contributed by atoms with Gasteiger partial charge in [-0.05, 0) is 19.1 Å². The molecular formula is C16H14N6O. The molecule has 7 nitrogen and oxygen atoms in total. The molecule has 23 heavy (non-hydrogen) atoms. The number of anilines is 1. The van der Waals surface area contributed by atoms with Crippen molar-refractivity contribution in [1.82, 2.24) is 19.6 Å². The van der Waals surface area contributed by atoms with Crippen LogP contribution in [0.2, 0.25) is 0 Å². The second-order valence-corrected chi connectivity index (χ2v) is 5.02. The molecule has 1 N–H and O–H groups in total. The largest absolute Gasteiger partial charge is 0.305 e. The van der Waals surface area contributed by atoms with E-state index >= 15 is 0 Å². The number of rotatable bonds is 3. The fourth-order valence-electron chi connectivity index (χ4n) is 2.31. The molecule has 0 unspecified atom stereocenters. The summed E-state index contributed by atoms with van der Waals surface area (Å²) in [5.74, 6) is 0.0109. The summed E-state index contributed by atoms with van der Waals surface area (Å²) < 4.78 is 3.10. The van der Waals surface area contributed by atoms with E-state index in [-0.39, 0.29) is 5.91 Å². The number of para-hydroxylation sites is 1. The van der Waals surface area contributed by atoms with E-state index in [1.165, 1.54) is 10.9 Å². The van der Waals surface area contributed by atoms with Crippen LogP contribution in [0.1, 0.15) is 21.6 Å². The van der Waals surface area contributed by atoms with E-state index in [1.807, 2.05) is 36.4 Å². The Morgan fingerprint density at radius 3 is 2.65 bits per heavy atom. The van der Waals surface area contributed by atoms with Gasteiger partial charge in [-0.3, -0.25) is 9.48 Å². The third-order valence-electron chi connectivity index (χ3n) is 3.38. The van der Waals surface area contributed by atoms with E-state index < -0.39 is 0 Å². The lowest BCUT2D eigenvalue weighted by molar-refractivity contribution is 0.102. The van der Waals surface area contributed by atoms with Gasteiger partial charge in [0.05, 0.1) is 23.1 Å². The molecular weight excluding hydrogens is 292 g/mol. The van der Waals surface area contributed by atoms with Gasteiger partial charge >= 0.3 is 0 Å². The fourth-order valence-corrected chi connectivity index (χ4v) is 2.31. The van der Waals surface area contributed by atoms with Gasteiger partial charge in [-0.1, -0.05) is 18.2 Å². The van der Waals surface area contributed by atoms with Crippen molar-refractivity contribution in [2.24, 2.45) is 7.05 Å². The predicted octanol–water partition coefficient (Wildman–Crippen LogP) is 2.04. The minimum atomic E-state index is -0.329. The van der Waals surface area contributed by atoms with Gasteiger partial charge in [0.2, 0.25) is 0 Å². The van der Waals surface area contributed by atoms with Crippen LogP contribution in [0.15, 0.2) is 42.7 Å². The molecule has 1 amide bonds. The molecule has 0 bridgehead atoms. The number of carbonyl (C=O) groups is 1. The van der Waals surface area contributed by atoms with E-state index in [2.05, 4.69) is 15.5 Å². The molecule has 114 valence electrons. The summed E-state index contributed by atoms with van der Waals surface area (Å²) in [6.45, 7) is 1.76. The summed E-state index contributed by atoms with van der Waals surface area (Å²) in [6, 6.07) is 11.3. The first-order valence-corrected chi connectivity index (χ1v) is 6.95. The molecule has 0 saturated heterocycles. The highest BCUT2D eigenvalue weighted by Crippen LogP contribution is 2.20. The van der Waals surface area contributed by atoms with Gasteiger partial charge < -0.3 is 5.32 Å². The van der Waals surface area contributed by atoms with Gasteiger partial charge in [-0.2, -0.15) is 15.5 Å². The molecule has 0 aliphatic rings. The van der Waals surface area contributed by atoms with E-state index in [4.69, 9.17) is 0 Å². The predicted molar refractivity (Wildman–Crippen MR) is 84.2 cm³/mol. The molecule has 3 aromatic rings. The molecule has 3 rings (SSSR count). The molecule has 0 aliphatic heterocycles. The van der Waals surface area contributed by atoms with Crippen molar-refractivity contribution in [3.8, 4) is 11.8 Å². The highest BCUT2D eigenvalue weighted by Gasteiger charge is 2.18. The van der Waals surface area contributed by atoms with Crippen molar-refractivity contribution < 1.29 is 4.79 Å². The van der Waals surface area contributed by atoms with E-state index in [9.17, 15) is 10.1 Å². The number of aromatic nitrogens is 4. The van der Waals surface area contributed by atoms with Crippen LogP contribution >= 0.6 is 0 Å². The second-order valence-electron chi connectivity index (χ2n) is 5.02. The first kappa shape index (κ1) is 14.5. The third kappa shape index (κ3) is 2.70. The molecule has 2 heterocycles. The minimum Gasteiger partial charge on any atom is -0.305 e. The van der Waals surface area contributed by atoms with Gasteiger partial charge in [-0.15, -0.1) is 0 Å². The average Bonchev–Trinajstić information content (AvgIpc) is 3.10. The highest BCUT2D eigenvalue weighted by atomic mass is 16.1. The molecule has 0 saturated carbocycles. The zero-order chi connectivity index (χ0) is 16.4. The molecule has 0 aliphatic carbocycles. The maximum Gasteiger partial charge on any atom is 0.260 e. The number of nitrogens with one attached hydrogen (secondary N) is 1. The summed E-state index contributed by atoms with van der Waals surface area (Å²) in [5, 5.41) is 20.4. The highest BCUT2D eigenvalue weighted by molar-refractivity contribution is 6.05. The summed E-state index contributed by atoms with van der Waals surface area (Å²) >= 11 is 0. The number of benzene rings is 1. The molecule has 1 aromatic carbocycles. The van der Waals surface area contributed by atoms with E-state index in [1.54, 1.807) is 24.9 Å². The monoisotopic (exact) mass is 306 g/mol. The Bertz CT molecular complexity index is 901. The normalized spacial score (nSPS) is 10.3. The van der Waals surface area contributed by atoms with Gasteiger partial charge in [0.1, 0.15) is 11.6 Å². The Balaban J connectivity index is 2.00. The number of carbonyl (C=O) groups excluding carboxylic acids is 1. The first-order chi connectivity index (χ1) is 11.1. The number of hydrogen-bond donors (Lipinski definition) is 1. The van der Waals surface area contributed by atoms with Gasteiger partial charge in [0.15, 0.2) is 5.82 Å². The molecule has 0 atom stereocenters. The SMILES string of the molecule is Cc1nn(C)cc1C(=O)Nc1c(C#N)cnn1-c1ccccc1. The lowest BCUT2D eigenvalue weighted by atomic mass is 10.2. The van der Waals surface area contributed by atoms with Gasteiger partial charge in [-0.25, -0.2) is 4.68 Å². The van der Waals surface area contributed by atoms with Crippen LogP contribution in [0.4, 0.5) is 5.82 Å². The Kier molecular flexibility index (Phi) is 3.65. The van der Waals surface area contributed by atoms with Crippen molar-refractivity contribution in [2.75, 3.05) is 5.32 Å². The molecule has 0 radical (unpaired) electrons. The van der Waals surface area contributed by atoms with E-state index in [0.717, 1.165) is 5.69 Å². The van der Waals surface area contributed by atoms with Gasteiger partial charge in [0.25, 0.3) is 5.91 Å². The fraction of sp³-hybridized carbons (Fsp3) is 0.125. The second kappa shape index (κ2) is 5.77. The number of nitrogens with zero attached hydrogens (tertiary/aromatic N) is 5. The van der Waals surface area contributed by atoms with Crippen LogP contribution in [0.25, 0.3) is 5.69 Å². The summed E-state index contributed by atoms with van der Waals surface area (Å²) in [6.07, 6.45) is 3.07. The molecule has 7 heteroatoms. The molecule has 0 spiro atoms. The van der Waals surface area contributed by atoms with Crippen molar-refractivity contribution in [2.45, 2.75) is 6.92 Å². The van der Waals surface area contributed by atoms with Crippen molar-refractivity contribution in [1.29, 1.82) is 5.26 Å². The Labute approximate surface area is 132 Å². The standard InChI is InChI=1S/C16H14N6O/c1-11-14(10-21(2)20-11)16(23)19-15-12(8-17)9-18-22(15)13-6-4-3-5-7-13/h3-7,9-10H,1-2H3,(H,19,23). The van der Waals surface area contributed by atoms with Crippen LogP contribution < -0.4 is 5.32 Å². The summed E-state index contributed by atoms with van der Waals surface area (Å²) in [4.78, 5) is 12.5. The van der Waals surface area contributed by atoms with Crippen LogP contribution in [0.3, 0.4) is 0 Å². The van der Waals surface area contributed by atoms with Crippen LogP contribution in [-0.2, 0) is 7.05 Å². The summed E-state index contributed by atoms with van der Waals surface area (Å²) in [5.41, 5.74) is 2.13. The zero-order valence-corrected chi connectivity index (χ0v) is 12.7. The molecule has 2 aromatic heterocycles. The lowest BCUT2D eigenvalue weighted by Gasteiger charge is -2.09. The maximum atomic E-state index is 12.5. The maximum absolute atomic E-state index is 12.5. The number of hydrogen-bond acceptors (Lipinski definition) is 4. The van der Waals surface area contributed by atoms with Crippen LogP contribution in [-0.4, -0.2) is 25.5 Å². The summed E-state index contributed by atoms with van der Waals surface area (Å²) in [7, 11) is 1.75. The van der Waals surface area contributed by atoms with Crippen LogP contribution in [0.5, 0.6) is 0 Å². The van der Waals surface area contributed by atoms with Crippen molar-refractivity contribution >= 4 is 11.7 Å². The van der Waals surface area contributed by atoms with Crippen molar-refractivity contribution in [3.63, 3.8) is 0 Å². The van der Waals surface area contributed by atoms with Crippen LogP contribution in [0, 0.1) is 18.3 Å². The smallest absolute Gasteiger partial charge is 0.260 e. The van der Waals surface area contributed by atoms with E-state index in [0.29, 0.717) is 22.6 Å².